The lowest BCUT2D eigenvalue weighted by Crippen LogP contribution is -2.53. The molecular weight excluding hydrogens is 166 g/mol. The molecule has 0 amide bonds. The molecule has 0 aromatic heterocycles. The highest BCUT2D eigenvalue weighted by atomic mass is 16.5. The number of quaternary nitrogens is 1. The van der Waals surface area contributed by atoms with Gasteiger partial charge in [0.15, 0.2) is 0 Å². The summed E-state index contributed by atoms with van der Waals surface area (Å²) in [6.07, 6.45) is 0.701. The zero-order chi connectivity index (χ0) is 9.68. The van der Waals surface area contributed by atoms with Gasteiger partial charge in [0.25, 0.3) is 0 Å². The van der Waals surface area contributed by atoms with Gasteiger partial charge in [0.1, 0.15) is 11.8 Å². The number of aliphatic hydroxyl groups is 1. The molecule has 1 aromatic rings. The summed E-state index contributed by atoms with van der Waals surface area (Å²) in [4.78, 5) is 0. The van der Waals surface area contributed by atoms with Crippen LogP contribution >= 0.6 is 0 Å². The zero-order valence-electron chi connectivity index (χ0n) is 7.86. The van der Waals surface area contributed by atoms with E-state index in [0.717, 1.165) is 11.3 Å². The van der Waals surface area contributed by atoms with E-state index in [1.165, 1.54) is 0 Å². The van der Waals surface area contributed by atoms with E-state index in [9.17, 15) is 0 Å². The molecule has 0 heterocycles. The molecule has 13 heavy (non-hydrogen) atoms. The summed E-state index contributed by atoms with van der Waals surface area (Å²) in [6.45, 7) is 0.181. The van der Waals surface area contributed by atoms with E-state index < -0.39 is 0 Å². The molecule has 0 aliphatic rings. The molecule has 0 aliphatic carbocycles. The van der Waals surface area contributed by atoms with Crippen LogP contribution in [0.15, 0.2) is 24.3 Å². The first-order chi connectivity index (χ1) is 6.27. The minimum Gasteiger partial charge on any atom is -0.497 e. The molecule has 0 bridgehead atoms. The molecule has 0 aliphatic heterocycles. The summed E-state index contributed by atoms with van der Waals surface area (Å²) in [5, 5.41) is 8.73. The van der Waals surface area contributed by atoms with Crippen molar-refractivity contribution in [2.75, 3.05) is 13.7 Å². The van der Waals surface area contributed by atoms with Gasteiger partial charge in [-0.05, 0) is 24.3 Å². The Balaban J connectivity index is 2.67. The lowest BCUT2D eigenvalue weighted by molar-refractivity contribution is -0.428. The van der Waals surface area contributed by atoms with E-state index >= 15 is 0 Å². The van der Waals surface area contributed by atoms with E-state index in [0.29, 0.717) is 6.42 Å². The van der Waals surface area contributed by atoms with Gasteiger partial charge in [-0.1, -0.05) is 0 Å². The van der Waals surface area contributed by atoms with Crippen molar-refractivity contribution < 1.29 is 15.6 Å². The van der Waals surface area contributed by atoms with Crippen LogP contribution in [0.1, 0.15) is 18.0 Å². The molecule has 3 nitrogen and oxygen atoms in total. The highest BCUT2D eigenvalue weighted by Crippen LogP contribution is 2.16. The summed E-state index contributed by atoms with van der Waals surface area (Å²) < 4.78 is 5.04. The Morgan fingerprint density at radius 1 is 1.38 bits per heavy atom. The highest BCUT2D eigenvalue weighted by molar-refractivity contribution is 5.28. The van der Waals surface area contributed by atoms with E-state index in [-0.39, 0.29) is 12.6 Å². The van der Waals surface area contributed by atoms with Gasteiger partial charge in [0.05, 0.1) is 7.11 Å². The number of aliphatic hydroxyl groups excluding tert-OH is 1. The number of ether oxygens (including phenoxy) is 1. The molecule has 3 heteroatoms. The summed E-state index contributed by atoms with van der Waals surface area (Å²) in [6, 6.07) is 7.93. The van der Waals surface area contributed by atoms with Gasteiger partial charge in [-0.15, -0.1) is 0 Å². The Morgan fingerprint density at radius 3 is 2.46 bits per heavy atom. The predicted octanol–water partition coefficient (Wildman–Crippen LogP) is 0.361. The minimum atomic E-state index is 0.163. The smallest absolute Gasteiger partial charge is 0.118 e. The Kier molecular flexibility index (Phi) is 3.73. The normalized spacial score (nSPS) is 12.5. The van der Waals surface area contributed by atoms with E-state index in [1.807, 2.05) is 24.3 Å². The average Bonchev–Trinajstić information content (AvgIpc) is 2.18. The lowest BCUT2D eigenvalue weighted by atomic mass is 10.1. The van der Waals surface area contributed by atoms with E-state index in [1.54, 1.807) is 7.11 Å². The fraction of sp³-hybridized carbons (Fsp3) is 0.400. The van der Waals surface area contributed by atoms with Crippen molar-refractivity contribution in [3.05, 3.63) is 29.8 Å². The summed E-state index contributed by atoms with van der Waals surface area (Å²) in [5.74, 6) is 0.847. The maximum absolute atomic E-state index is 8.73. The number of rotatable bonds is 4. The molecule has 0 saturated carbocycles. The Labute approximate surface area is 78.1 Å². The lowest BCUT2D eigenvalue weighted by Gasteiger charge is -2.07. The fourth-order valence-electron chi connectivity index (χ4n) is 1.20. The largest absolute Gasteiger partial charge is 0.497 e. The summed E-state index contributed by atoms with van der Waals surface area (Å²) in [5.41, 5.74) is 5.09. The Morgan fingerprint density at radius 2 is 2.00 bits per heavy atom. The van der Waals surface area contributed by atoms with Crippen molar-refractivity contribution in [2.45, 2.75) is 12.5 Å². The molecule has 1 aromatic carbocycles. The second kappa shape index (κ2) is 4.84. The van der Waals surface area contributed by atoms with Crippen LogP contribution < -0.4 is 10.5 Å². The van der Waals surface area contributed by atoms with Crippen LogP contribution in [-0.2, 0) is 0 Å². The number of hydrogen-bond donors (Lipinski definition) is 2. The summed E-state index contributed by atoms with van der Waals surface area (Å²) >= 11 is 0. The van der Waals surface area contributed by atoms with Gasteiger partial charge >= 0.3 is 0 Å². The van der Waals surface area contributed by atoms with Crippen molar-refractivity contribution in [1.29, 1.82) is 0 Å². The molecule has 72 valence electrons. The van der Waals surface area contributed by atoms with Gasteiger partial charge in [-0.25, -0.2) is 0 Å². The van der Waals surface area contributed by atoms with Crippen molar-refractivity contribution in [1.82, 2.24) is 0 Å². The van der Waals surface area contributed by atoms with Crippen LogP contribution in [0.2, 0.25) is 0 Å². The van der Waals surface area contributed by atoms with Crippen molar-refractivity contribution in [3.63, 3.8) is 0 Å². The van der Waals surface area contributed by atoms with Crippen LogP contribution in [0, 0.1) is 0 Å². The zero-order valence-corrected chi connectivity index (χ0v) is 7.86. The first-order valence-electron chi connectivity index (χ1n) is 4.36. The van der Waals surface area contributed by atoms with E-state index in [2.05, 4.69) is 5.73 Å². The monoisotopic (exact) mass is 182 g/mol. The quantitative estimate of drug-likeness (QED) is 0.706. The number of methoxy groups -OCH3 is 1. The maximum Gasteiger partial charge on any atom is 0.118 e. The second-order valence-electron chi connectivity index (χ2n) is 2.98. The van der Waals surface area contributed by atoms with Crippen LogP contribution in [-0.4, -0.2) is 18.8 Å². The molecule has 1 rings (SSSR count). The Bertz CT molecular complexity index is 246. The average molecular weight is 182 g/mol. The van der Waals surface area contributed by atoms with Crippen molar-refractivity contribution in [2.24, 2.45) is 0 Å². The molecule has 1 atom stereocenters. The first kappa shape index (κ1) is 10.0. The molecule has 4 N–H and O–H groups in total. The van der Waals surface area contributed by atoms with Crippen molar-refractivity contribution >= 4 is 0 Å². The predicted molar refractivity (Wildman–Crippen MR) is 50.3 cm³/mol. The SMILES string of the molecule is COc1ccc([C@@H]([NH3+])CCO)cc1. The van der Waals surface area contributed by atoms with Gasteiger partial charge in [-0.2, -0.15) is 0 Å². The van der Waals surface area contributed by atoms with Gasteiger partial charge in [0, 0.05) is 18.6 Å². The highest BCUT2D eigenvalue weighted by Gasteiger charge is 2.07. The van der Waals surface area contributed by atoms with Gasteiger partial charge in [0.2, 0.25) is 0 Å². The molecule has 0 fully saturated rings. The maximum atomic E-state index is 8.73. The van der Waals surface area contributed by atoms with Crippen LogP contribution in [0.5, 0.6) is 5.75 Å². The van der Waals surface area contributed by atoms with Crippen LogP contribution in [0.4, 0.5) is 0 Å². The third-order valence-corrected chi connectivity index (χ3v) is 2.06. The minimum absolute atomic E-state index is 0.163. The van der Waals surface area contributed by atoms with Crippen molar-refractivity contribution in [3.8, 4) is 5.75 Å². The molecule has 0 saturated heterocycles. The number of benzene rings is 1. The first-order valence-corrected chi connectivity index (χ1v) is 4.36. The van der Waals surface area contributed by atoms with Crippen LogP contribution in [0.3, 0.4) is 0 Å². The third-order valence-electron chi connectivity index (χ3n) is 2.06. The third kappa shape index (κ3) is 2.72. The molecular formula is C10H16NO2+. The molecule has 0 unspecified atom stereocenters. The fourth-order valence-corrected chi connectivity index (χ4v) is 1.20. The standard InChI is InChI=1S/C10H15NO2/c1-13-9-4-2-8(3-5-9)10(11)6-7-12/h2-5,10,12H,6-7,11H2,1H3/p+1/t10-/m0/s1. The Hall–Kier alpha value is -1.06. The number of hydrogen-bond acceptors (Lipinski definition) is 2. The molecule has 0 radical (unpaired) electrons. The van der Waals surface area contributed by atoms with Crippen LogP contribution in [0.25, 0.3) is 0 Å². The van der Waals surface area contributed by atoms with E-state index in [4.69, 9.17) is 9.84 Å². The van der Waals surface area contributed by atoms with Gasteiger partial charge < -0.3 is 15.6 Å². The topological polar surface area (TPSA) is 57.1 Å². The van der Waals surface area contributed by atoms with Gasteiger partial charge in [-0.3, -0.25) is 0 Å². The molecule has 0 spiro atoms. The summed E-state index contributed by atoms with van der Waals surface area (Å²) in [7, 11) is 1.64. The second-order valence-corrected chi connectivity index (χ2v) is 2.98.